The van der Waals surface area contributed by atoms with Gasteiger partial charge in [0.25, 0.3) is 0 Å². The van der Waals surface area contributed by atoms with Crippen LogP contribution in [0.2, 0.25) is 0 Å². The molecule has 2 aliphatic heterocycles. The van der Waals surface area contributed by atoms with Crippen molar-refractivity contribution in [3.8, 4) is 35.4 Å². The summed E-state index contributed by atoms with van der Waals surface area (Å²) in [5, 5.41) is 14.4. The molecule has 2 aliphatic rings. The molecule has 47 heavy (non-hydrogen) atoms. The first kappa shape index (κ1) is 31.7. The highest BCUT2D eigenvalue weighted by Gasteiger charge is 2.34. The van der Waals surface area contributed by atoms with Crippen molar-refractivity contribution in [1.82, 2.24) is 19.9 Å². The van der Waals surface area contributed by atoms with Gasteiger partial charge in [-0.25, -0.2) is 18.6 Å². The Labute approximate surface area is 269 Å². The van der Waals surface area contributed by atoms with E-state index in [4.69, 9.17) is 21.3 Å². The van der Waals surface area contributed by atoms with Crippen LogP contribution in [0, 0.1) is 25.1 Å². The number of aromatic hydroxyl groups is 1. The first-order valence-electron chi connectivity index (χ1n) is 15.3. The number of pyridine rings is 1. The molecular weight excluding hydrogens is 606 g/mol. The van der Waals surface area contributed by atoms with Gasteiger partial charge in [-0.3, -0.25) is 4.90 Å². The Hall–Kier alpha value is -5.28. The number of phenols is 1. The smallest absolute Gasteiger partial charge is 0.349 e. The fraction of sp³-hybridized carbons (Fsp3) is 0.314. The van der Waals surface area contributed by atoms with E-state index < -0.39 is 17.6 Å². The Morgan fingerprint density at radius 1 is 1.26 bits per heavy atom. The van der Waals surface area contributed by atoms with Crippen molar-refractivity contribution in [2.75, 3.05) is 37.8 Å². The van der Waals surface area contributed by atoms with Crippen LogP contribution in [-0.2, 0) is 6.42 Å². The van der Waals surface area contributed by atoms with E-state index >= 15 is 0 Å². The maximum atomic E-state index is 14.6. The number of nitrogens with one attached hydrogen (secondary N) is 1. The number of nitrogens with two attached hydrogens (primary N) is 1. The number of anilines is 2. The van der Waals surface area contributed by atoms with E-state index in [0.29, 0.717) is 47.7 Å². The standard InChI is InChI=1S/C28H22FN5O4.C7H12FN/c1-4-18-20(29)8-7-16-12-17(35)13-19(21(16)18)24-14(2)23-22(27(36)38-24)26(34-28(33-23)37-3)32-11-9-15-6-5-10-31-25(15)30;8-6-4-7-2-1-3-9(7)5-6/h1,5-8,10,12-13,35H,9,11H2,2-3H3,(H2,30,31)(H,32,33,34);6-7H,1-5H2. The number of nitrogen functional groups attached to an aromatic ring is 1. The lowest BCUT2D eigenvalue weighted by atomic mass is 9.95. The predicted octanol–water partition coefficient (Wildman–Crippen LogP) is 5.37. The van der Waals surface area contributed by atoms with Crippen molar-refractivity contribution >= 4 is 33.3 Å². The molecule has 2 fully saturated rings. The summed E-state index contributed by atoms with van der Waals surface area (Å²) in [5.74, 6) is 2.36. The topological polar surface area (TPSA) is 140 Å². The first-order chi connectivity index (χ1) is 22.7. The molecule has 10 nitrogen and oxygen atoms in total. The third kappa shape index (κ3) is 6.26. The van der Waals surface area contributed by atoms with Gasteiger partial charge in [0.2, 0.25) is 0 Å². The largest absolute Gasteiger partial charge is 0.508 e. The number of aromatic nitrogens is 3. The van der Waals surface area contributed by atoms with E-state index in [1.807, 2.05) is 6.07 Å². The number of terminal acetylenes is 1. The molecule has 2 saturated heterocycles. The molecule has 0 saturated carbocycles. The summed E-state index contributed by atoms with van der Waals surface area (Å²) in [4.78, 5) is 28.4. The molecule has 2 atom stereocenters. The number of rotatable bonds is 6. The van der Waals surface area contributed by atoms with Crippen LogP contribution in [0.1, 0.15) is 36.0 Å². The molecule has 7 rings (SSSR count). The fourth-order valence-corrected chi connectivity index (χ4v) is 6.46. The lowest BCUT2D eigenvalue weighted by Gasteiger charge is -2.15. The van der Waals surface area contributed by atoms with Crippen molar-refractivity contribution in [3.63, 3.8) is 0 Å². The summed E-state index contributed by atoms with van der Waals surface area (Å²) < 4.78 is 38.3. The van der Waals surface area contributed by atoms with E-state index in [2.05, 4.69) is 31.1 Å². The van der Waals surface area contributed by atoms with E-state index in [0.717, 1.165) is 18.5 Å². The van der Waals surface area contributed by atoms with Gasteiger partial charge in [0.05, 0.1) is 18.2 Å². The van der Waals surface area contributed by atoms with Gasteiger partial charge in [-0.05, 0) is 74.4 Å². The van der Waals surface area contributed by atoms with Crippen LogP contribution in [-0.4, -0.2) is 63.9 Å². The minimum absolute atomic E-state index is 0.0167. The third-order valence-corrected chi connectivity index (χ3v) is 8.68. The SMILES string of the molecule is C#Cc1c(F)ccc2cc(O)cc(-c3oc(=O)c4c(NCCc5cccnc5N)nc(OC)nc4c3C)c12.FC1CC2CCCN2C1. The van der Waals surface area contributed by atoms with Crippen molar-refractivity contribution in [3.05, 3.63) is 75.5 Å². The van der Waals surface area contributed by atoms with Gasteiger partial charge in [-0.2, -0.15) is 9.97 Å². The van der Waals surface area contributed by atoms with Gasteiger partial charge < -0.3 is 25.3 Å². The third-order valence-electron chi connectivity index (χ3n) is 8.68. The number of nitrogens with zero attached hydrogens (tertiary/aromatic N) is 4. The van der Waals surface area contributed by atoms with Gasteiger partial charge in [-0.1, -0.05) is 18.1 Å². The van der Waals surface area contributed by atoms with Crippen LogP contribution in [0.5, 0.6) is 11.8 Å². The maximum absolute atomic E-state index is 14.6. The van der Waals surface area contributed by atoms with Gasteiger partial charge >= 0.3 is 11.6 Å². The Bertz CT molecular complexity index is 2070. The molecule has 0 radical (unpaired) electrons. The second-order valence-electron chi connectivity index (χ2n) is 11.6. The number of hydrogen-bond acceptors (Lipinski definition) is 10. The highest BCUT2D eigenvalue weighted by molar-refractivity contribution is 6.03. The zero-order valence-corrected chi connectivity index (χ0v) is 26.0. The average molecular weight is 641 g/mol. The lowest BCUT2D eigenvalue weighted by Crippen LogP contribution is -2.22. The molecule has 242 valence electrons. The number of aryl methyl sites for hydroxylation is 1. The number of phenolic OH excluding ortho intramolecular Hbond substituents is 1. The molecule has 0 aliphatic carbocycles. The van der Waals surface area contributed by atoms with E-state index in [9.17, 15) is 18.7 Å². The zero-order chi connectivity index (χ0) is 33.2. The normalized spacial score (nSPS) is 17.3. The quantitative estimate of drug-likeness (QED) is 0.208. The highest BCUT2D eigenvalue weighted by Crippen LogP contribution is 2.38. The number of alkyl halides is 1. The Morgan fingerprint density at radius 3 is 2.83 bits per heavy atom. The molecule has 0 amide bonds. The second-order valence-corrected chi connectivity index (χ2v) is 11.6. The van der Waals surface area contributed by atoms with E-state index in [1.54, 1.807) is 19.2 Å². The monoisotopic (exact) mass is 640 g/mol. The molecule has 0 spiro atoms. The molecule has 0 bridgehead atoms. The number of methoxy groups -OCH3 is 1. The Kier molecular flexibility index (Phi) is 8.91. The summed E-state index contributed by atoms with van der Waals surface area (Å²) in [6, 6.07) is 9.82. The molecule has 3 aromatic heterocycles. The molecule has 2 unspecified atom stereocenters. The predicted molar refractivity (Wildman–Crippen MR) is 177 cm³/mol. The van der Waals surface area contributed by atoms with Gasteiger partial charge in [0.1, 0.15) is 40.5 Å². The highest BCUT2D eigenvalue weighted by atomic mass is 19.1. The summed E-state index contributed by atoms with van der Waals surface area (Å²) in [6.45, 7) is 3.93. The minimum atomic E-state index is -0.734. The van der Waals surface area contributed by atoms with Crippen molar-refractivity contribution < 1.29 is 23.0 Å². The fourth-order valence-electron chi connectivity index (χ4n) is 6.46. The molecule has 5 aromatic rings. The maximum Gasteiger partial charge on any atom is 0.349 e. The van der Waals surface area contributed by atoms with Crippen molar-refractivity contribution in [2.45, 2.75) is 44.8 Å². The van der Waals surface area contributed by atoms with Crippen molar-refractivity contribution in [2.24, 2.45) is 0 Å². The number of ether oxygens (including phenoxy) is 1. The molecular formula is C35H34F2N6O4. The average Bonchev–Trinajstić information content (AvgIpc) is 3.64. The van der Waals surface area contributed by atoms with Crippen LogP contribution in [0.3, 0.4) is 0 Å². The van der Waals surface area contributed by atoms with Gasteiger partial charge in [0, 0.05) is 41.8 Å². The molecule has 2 aromatic carbocycles. The zero-order valence-electron chi connectivity index (χ0n) is 26.0. The van der Waals surface area contributed by atoms with Gasteiger partial charge in [-0.15, -0.1) is 6.42 Å². The summed E-state index contributed by atoms with van der Waals surface area (Å²) >= 11 is 0. The molecule has 4 N–H and O–H groups in total. The van der Waals surface area contributed by atoms with Gasteiger partial charge in [0.15, 0.2) is 0 Å². The summed E-state index contributed by atoms with van der Waals surface area (Å²) in [7, 11) is 1.41. The second kappa shape index (κ2) is 13.2. The summed E-state index contributed by atoms with van der Waals surface area (Å²) in [6.07, 6.45) is 10.6. The van der Waals surface area contributed by atoms with Crippen LogP contribution in [0.15, 0.2) is 51.8 Å². The van der Waals surface area contributed by atoms with Crippen LogP contribution in [0.4, 0.5) is 20.4 Å². The van der Waals surface area contributed by atoms with Crippen LogP contribution < -0.4 is 21.4 Å². The van der Waals surface area contributed by atoms with Crippen LogP contribution in [0.25, 0.3) is 33.0 Å². The number of halogens is 2. The summed E-state index contributed by atoms with van der Waals surface area (Å²) in [5.41, 5.74) is 6.98. The molecule has 12 heteroatoms. The van der Waals surface area contributed by atoms with E-state index in [-0.39, 0.29) is 45.4 Å². The number of benzene rings is 2. The number of hydrogen-bond donors (Lipinski definition) is 3. The van der Waals surface area contributed by atoms with E-state index in [1.165, 1.54) is 44.2 Å². The van der Waals surface area contributed by atoms with Crippen LogP contribution >= 0.6 is 0 Å². The minimum Gasteiger partial charge on any atom is -0.508 e. The lowest BCUT2D eigenvalue weighted by molar-refractivity contribution is 0.292. The number of fused-ring (bicyclic) bond motifs is 3. The van der Waals surface area contributed by atoms with Crippen molar-refractivity contribution in [1.29, 1.82) is 0 Å². The molecule has 5 heterocycles. The first-order valence-corrected chi connectivity index (χ1v) is 15.3. The Morgan fingerprint density at radius 2 is 2.09 bits per heavy atom. The Balaban J connectivity index is 0.000000366.